The largest absolute Gasteiger partial charge is 0.459 e. The Morgan fingerprint density at radius 2 is 2.17 bits per heavy atom. The molecule has 2 aliphatic rings. The van der Waals surface area contributed by atoms with Crippen LogP contribution in [0.3, 0.4) is 0 Å². The van der Waals surface area contributed by atoms with Gasteiger partial charge in [0.2, 0.25) is 0 Å². The average Bonchev–Trinajstić information content (AvgIpc) is 3.44. The minimum atomic E-state index is -0.606. The lowest BCUT2D eigenvalue weighted by molar-refractivity contribution is 0.0963. The molecule has 0 saturated carbocycles. The first-order valence-corrected chi connectivity index (χ1v) is 9.01. The van der Waals surface area contributed by atoms with Gasteiger partial charge in [0.25, 0.3) is 5.95 Å². The number of hydrogen-bond donors (Lipinski definition) is 1. The third kappa shape index (κ3) is 2.99. The molecule has 1 fully saturated rings. The van der Waals surface area contributed by atoms with Gasteiger partial charge < -0.3 is 19.2 Å². The van der Waals surface area contributed by atoms with E-state index in [1.54, 1.807) is 25.2 Å². The van der Waals surface area contributed by atoms with Gasteiger partial charge in [-0.2, -0.15) is 4.80 Å². The number of anilines is 2. The van der Waals surface area contributed by atoms with Gasteiger partial charge in [-0.1, -0.05) is 5.10 Å². The highest BCUT2D eigenvalue weighted by molar-refractivity contribution is 5.90. The van der Waals surface area contributed by atoms with Crippen LogP contribution in [0, 0.1) is 5.82 Å². The molecule has 2 aromatic heterocycles. The lowest BCUT2D eigenvalue weighted by atomic mass is 10.1. The van der Waals surface area contributed by atoms with Gasteiger partial charge >= 0.3 is 6.09 Å². The van der Waals surface area contributed by atoms with E-state index in [0.29, 0.717) is 36.0 Å². The second-order valence-corrected chi connectivity index (χ2v) is 6.96. The highest BCUT2D eigenvalue weighted by Gasteiger charge is 2.32. The molecule has 1 saturated heterocycles. The average molecular weight is 400 g/mol. The van der Waals surface area contributed by atoms with Crippen molar-refractivity contribution in [3.05, 3.63) is 41.4 Å². The van der Waals surface area contributed by atoms with Crippen LogP contribution in [0.15, 0.2) is 28.7 Å². The number of nitrogens with zero attached hydrogens (tertiary/aromatic N) is 6. The van der Waals surface area contributed by atoms with Gasteiger partial charge in [-0.05, 0) is 29.5 Å². The summed E-state index contributed by atoms with van der Waals surface area (Å²) in [7, 11) is 1.69. The van der Waals surface area contributed by atoms with Gasteiger partial charge in [0.1, 0.15) is 23.4 Å². The van der Waals surface area contributed by atoms with E-state index in [1.807, 2.05) is 4.90 Å². The normalized spacial score (nSPS) is 18.4. The first-order chi connectivity index (χ1) is 14.0. The van der Waals surface area contributed by atoms with Crippen molar-refractivity contribution in [1.29, 1.82) is 0 Å². The van der Waals surface area contributed by atoms with E-state index < -0.39 is 18.0 Å². The van der Waals surface area contributed by atoms with E-state index in [2.05, 4.69) is 15.4 Å². The summed E-state index contributed by atoms with van der Waals surface area (Å²) in [6.07, 6.45) is -1.21. The molecule has 0 unspecified atom stereocenters. The van der Waals surface area contributed by atoms with E-state index >= 15 is 0 Å². The van der Waals surface area contributed by atoms with Crippen LogP contribution in [-0.2, 0) is 24.9 Å². The summed E-state index contributed by atoms with van der Waals surface area (Å²) >= 11 is 0. The summed E-state index contributed by atoms with van der Waals surface area (Å²) in [6.45, 7) is 0.923. The number of aromatic nitrogens is 4. The molecule has 150 valence electrons. The zero-order valence-electron chi connectivity index (χ0n) is 15.4. The highest BCUT2D eigenvalue weighted by Crippen LogP contribution is 2.35. The number of hydrogen-bond acceptors (Lipinski definition) is 8. The van der Waals surface area contributed by atoms with E-state index in [1.165, 1.54) is 15.8 Å². The van der Waals surface area contributed by atoms with Gasteiger partial charge in [-0.15, -0.1) is 5.10 Å². The van der Waals surface area contributed by atoms with Crippen LogP contribution in [0.4, 0.5) is 20.8 Å². The van der Waals surface area contributed by atoms with Crippen LogP contribution < -0.4 is 9.80 Å². The van der Waals surface area contributed by atoms with E-state index in [-0.39, 0.29) is 13.2 Å². The minimum absolute atomic E-state index is 0.176. The van der Waals surface area contributed by atoms with Crippen molar-refractivity contribution in [2.75, 3.05) is 23.0 Å². The summed E-state index contributed by atoms with van der Waals surface area (Å²) < 4.78 is 25.6. The lowest BCUT2D eigenvalue weighted by Gasteiger charge is -2.14. The molecule has 4 heterocycles. The number of aryl methyl sites for hydroxylation is 1. The number of cyclic esters (lactones) is 1. The Morgan fingerprint density at radius 1 is 1.31 bits per heavy atom. The number of ether oxygens (including phenoxy) is 1. The Hall–Kier alpha value is -3.47. The zero-order valence-corrected chi connectivity index (χ0v) is 15.4. The molecule has 10 nitrogen and oxygen atoms in total. The van der Waals surface area contributed by atoms with Crippen molar-refractivity contribution in [1.82, 2.24) is 20.2 Å². The molecule has 5 rings (SSSR count). The molecule has 1 atom stereocenters. The third-order valence-corrected chi connectivity index (χ3v) is 4.98. The van der Waals surface area contributed by atoms with Crippen molar-refractivity contribution in [2.24, 2.45) is 7.05 Å². The standard InChI is InChI=1S/C18H17FN6O4/c1-23-21-17(20-22-23)24-6-10-4-15(29-16(10)8-24)13-3-2-11(5-14(13)19)25-7-12(9-26)28-18(25)27/h2-5,12,26H,6-9H2,1H3/t12-/m1/s1. The monoisotopic (exact) mass is 400 g/mol. The van der Waals surface area contributed by atoms with Crippen LogP contribution in [0.1, 0.15) is 11.3 Å². The second kappa shape index (κ2) is 6.55. The zero-order chi connectivity index (χ0) is 20.1. The smallest absolute Gasteiger partial charge is 0.414 e. The van der Waals surface area contributed by atoms with Crippen molar-refractivity contribution in [2.45, 2.75) is 19.2 Å². The molecular weight excluding hydrogens is 383 g/mol. The number of aliphatic hydroxyl groups excluding tert-OH is 1. The van der Waals surface area contributed by atoms with Gasteiger partial charge in [0, 0.05) is 12.1 Å². The van der Waals surface area contributed by atoms with E-state index in [0.717, 1.165) is 11.3 Å². The topological polar surface area (TPSA) is 110 Å². The van der Waals surface area contributed by atoms with Gasteiger partial charge in [0.05, 0.1) is 38.0 Å². The molecule has 29 heavy (non-hydrogen) atoms. The molecule has 0 radical (unpaired) electrons. The van der Waals surface area contributed by atoms with Crippen LogP contribution in [0.5, 0.6) is 0 Å². The molecule has 1 N–H and O–H groups in total. The fourth-order valence-corrected chi connectivity index (χ4v) is 3.54. The molecule has 0 aliphatic carbocycles. The Labute approximate surface area is 164 Å². The maximum atomic E-state index is 14.8. The molecule has 2 aliphatic heterocycles. The van der Waals surface area contributed by atoms with Crippen LogP contribution in [0.25, 0.3) is 11.3 Å². The molecule has 11 heteroatoms. The SMILES string of the molecule is Cn1nnc(N2Cc3cc(-c4ccc(N5C[C@H](CO)OC5=O)cc4F)oc3C2)n1. The van der Waals surface area contributed by atoms with Crippen molar-refractivity contribution >= 4 is 17.7 Å². The van der Waals surface area contributed by atoms with E-state index in [4.69, 9.17) is 14.3 Å². The quantitative estimate of drug-likeness (QED) is 0.701. The lowest BCUT2D eigenvalue weighted by Crippen LogP contribution is -2.25. The summed E-state index contributed by atoms with van der Waals surface area (Å²) in [6, 6.07) is 6.26. The summed E-state index contributed by atoms with van der Waals surface area (Å²) in [4.78, 5) is 16.5. The minimum Gasteiger partial charge on any atom is -0.459 e. The Kier molecular flexibility index (Phi) is 3.98. The number of benzene rings is 1. The Bertz CT molecular complexity index is 1070. The molecule has 3 aromatic rings. The molecule has 0 bridgehead atoms. The fourth-order valence-electron chi connectivity index (χ4n) is 3.54. The maximum absolute atomic E-state index is 14.8. The van der Waals surface area contributed by atoms with Crippen LogP contribution in [-0.4, -0.2) is 50.7 Å². The summed E-state index contributed by atoms with van der Waals surface area (Å²) in [5, 5.41) is 21.1. The molecular formula is C18H17FN6O4. The highest BCUT2D eigenvalue weighted by atomic mass is 19.1. The predicted molar refractivity (Wildman–Crippen MR) is 97.5 cm³/mol. The third-order valence-electron chi connectivity index (χ3n) is 4.98. The maximum Gasteiger partial charge on any atom is 0.414 e. The number of carbonyl (C=O) groups excluding carboxylic acids is 1. The summed E-state index contributed by atoms with van der Waals surface area (Å²) in [5.74, 6) is 1.14. The Morgan fingerprint density at radius 3 is 2.83 bits per heavy atom. The number of carbonyl (C=O) groups is 1. The number of fused-ring (bicyclic) bond motifs is 1. The van der Waals surface area contributed by atoms with Crippen LogP contribution in [0.2, 0.25) is 0 Å². The van der Waals surface area contributed by atoms with Gasteiger partial charge in [-0.25, -0.2) is 9.18 Å². The first-order valence-electron chi connectivity index (χ1n) is 9.01. The van der Waals surface area contributed by atoms with Crippen LogP contribution >= 0.6 is 0 Å². The van der Waals surface area contributed by atoms with Crippen molar-refractivity contribution in [3.8, 4) is 11.3 Å². The number of furan rings is 1. The van der Waals surface area contributed by atoms with Gasteiger partial charge in [0.15, 0.2) is 0 Å². The fraction of sp³-hybridized carbons (Fsp3) is 0.333. The second-order valence-electron chi connectivity index (χ2n) is 6.96. The Balaban J connectivity index is 1.36. The van der Waals surface area contributed by atoms with Gasteiger partial charge in [-0.3, -0.25) is 4.90 Å². The first kappa shape index (κ1) is 17.6. The van der Waals surface area contributed by atoms with E-state index in [9.17, 15) is 9.18 Å². The molecule has 1 aromatic carbocycles. The number of tetrazole rings is 1. The number of aliphatic hydroxyl groups is 1. The predicted octanol–water partition coefficient (Wildman–Crippen LogP) is 1.45. The van der Waals surface area contributed by atoms with Crippen molar-refractivity contribution < 1.29 is 23.4 Å². The van der Waals surface area contributed by atoms with Crippen molar-refractivity contribution in [3.63, 3.8) is 0 Å². The number of rotatable bonds is 4. The molecule has 0 spiro atoms. The summed E-state index contributed by atoms with van der Waals surface area (Å²) in [5.41, 5.74) is 1.61. The number of amides is 1. The molecule has 1 amide bonds. The number of halogens is 1.